The number of amides is 1. The summed E-state index contributed by atoms with van der Waals surface area (Å²) < 4.78 is 1.70. The zero-order valence-electron chi connectivity index (χ0n) is 7.93. The van der Waals surface area contributed by atoms with E-state index in [-0.39, 0.29) is 5.91 Å². The van der Waals surface area contributed by atoms with Crippen molar-refractivity contribution in [1.82, 2.24) is 20.2 Å². The Morgan fingerprint density at radius 3 is 3.14 bits per heavy atom. The fourth-order valence-corrected chi connectivity index (χ4v) is 1.71. The van der Waals surface area contributed by atoms with Gasteiger partial charge >= 0.3 is 0 Å². The van der Waals surface area contributed by atoms with Gasteiger partial charge in [-0.25, -0.2) is 15.5 Å². The van der Waals surface area contributed by atoms with Crippen LogP contribution in [0.3, 0.4) is 0 Å². The first-order valence-corrected chi connectivity index (χ1v) is 5.19. The van der Waals surface area contributed by atoms with Gasteiger partial charge < -0.3 is 0 Å². The molecule has 0 spiro atoms. The van der Waals surface area contributed by atoms with E-state index in [2.05, 4.69) is 15.5 Å². The summed E-state index contributed by atoms with van der Waals surface area (Å²) >= 11 is 1.57. The van der Waals surface area contributed by atoms with Crippen LogP contribution in [0.2, 0.25) is 0 Å². The summed E-state index contributed by atoms with van der Waals surface area (Å²) in [5.41, 5.74) is 2.09. The molecular weight excluding hydrogens is 202 g/mol. The summed E-state index contributed by atoms with van der Waals surface area (Å²) in [4.78, 5) is 14.8. The lowest BCUT2D eigenvalue weighted by molar-refractivity contribution is -0.121. The SMILES string of the molecule is Cn1ncnc1SCCCC(=O)NN. The smallest absolute Gasteiger partial charge is 0.233 e. The van der Waals surface area contributed by atoms with Gasteiger partial charge in [0.2, 0.25) is 5.91 Å². The first kappa shape index (κ1) is 11.0. The molecule has 0 aromatic carbocycles. The van der Waals surface area contributed by atoms with E-state index in [9.17, 15) is 4.79 Å². The predicted molar refractivity (Wildman–Crippen MR) is 53.3 cm³/mol. The largest absolute Gasteiger partial charge is 0.294 e. The number of thioether (sulfide) groups is 1. The minimum Gasteiger partial charge on any atom is -0.294 e. The molecule has 1 aromatic rings. The van der Waals surface area contributed by atoms with Crippen LogP contribution in [0.25, 0.3) is 0 Å². The molecule has 6 nitrogen and oxygen atoms in total. The molecule has 0 radical (unpaired) electrons. The van der Waals surface area contributed by atoms with E-state index >= 15 is 0 Å². The molecule has 0 saturated heterocycles. The third-order valence-electron chi connectivity index (χ3n) is 1.61. The van der Waals surface area contributed by atoms with Crippen LogP contribution in [0.5, 0.6) is 0 Å². The number of hydrogen-bond donors (Lipinski definition) is 2. The second kappa shape index (κ2) is 5.61. The van der Waals surface area contributed by atoms with Crippen LogP contribution in [0.1, 0.15) is 12.8 Å². The molecule has 14 heavy (non-hydrogen) atoms. The van der Waals surface area contributed by atoms with Crippen molar-refractivity contribution in [2.45, 2.75) is 18.0 Å². The fraction of sp³-hybridized carbons (Fsp3) is 0.571. The van der Waals surface area contributed by atoms with E-state index in [1.54, 1.807) is 16.4 Å². The quantitative estimate of drug-likeness (QED) is 0.231. The van der Waals surface area contributed by atoms with Crippen LogP contribution < -0.4 is 11.3 Å². The number of carbonyl (C=O) groups excluding carboxylic acids is 1. The van der Waals surface area contributed by atoms with Crippen molar-refractivity contribution in [1.29, 1.82) is 0 Å². The summed E-state index contributed by atoms with van der Waals surface area (Å²) in [6.45, 7) is 0. The second-order valence-electron chi connectivity index (χ2n) is 2.69. The molecule has 0 fully saturated rings. The maximum absolute atomic E-state index is 10.8. The number of nitrogens with one attached hydrogen (secondary N) is 1. The number of nitrogens with zero attached hydrogens (tertiary/aromatic N) is 3. The normalized spacial score (nSPS) is 10.1. The molecule has 1 heterocycles. The Kier molecular flexibility index (Phi) is 4.41. The Hall–Kier alpha value is -1.08. The van der Waals surface area contributed by atoms with Crippen LogP contribution in [0.15, 0.2) is 11.5 Å². The van der Waals surface area contributed by atoms with E-state index in [1.807, 2.05) is 7.05 Å². The minimum absolute atomic E-state index is 0.136. The monoisotopic (exact) mass is 215 g/mol. The van der Waals surface area contributed by atoms with Gasteiger partial charge in [-0.15, -0.1) is 0 Å². The molecule has 1 aromatic heterocycles. The molecule has 0 aliphatic heterocycles. The third-order valence-corrected chi connectivity index (χ3v) is 2.73. The van der Waals surface area contributed by atoms with Gasteiger partial charge in [-0.2, -0.15) is 5.10 Å². The van der Waals surface area contributed by atoms with E-state index in [0.29, 0.717) is 6.42 Å². The average Bonchev–Trinajstić information content (AvgIpc) is 2.58. The minimum atomic E-state index is -0.136. The van der Waals surface area contributed by atoms with E-state index < -0.39 is 0 Å². The molecule has 0 saturated carbocycles. The Morgan fingerprint density at radius 1 is 1.79 bits per heavy atom. The number of nitrogens with two attached hydrogens (primary N) is 1. The molecule has 7 heteroatoms. The van der Waals surface area contributed by atoms with Gasteiger partial charge in [-0.05, 0) is 6.42 Å². The summed E-state index contributed by atoms with van der Waals surface area (Å²) in [7, 11) is 1.84. The van der Waals surface area contributed by atoms with Crippen molar-refractivity contribution in [2.75, 3.05) is 5.75 Å². The number of aryl methyl sites for hydroxylation is 1. The van der Waals surface area contributed by atoms with Crippen molar-refractivity contribution in [3.05, 3.63) is 6.33 Å². The van der Waals surface area contributed by atoms with Crippen molar-refractivity contribution in [2.24, 2.45) is 12.9 Å². The van der Waals surface area contributed by atoms with Gasteiger partial charge in [-0.1, -0.05) is 11.8 Å². The third kappa shape index (κ3) is 3.35. The topological polar surface area (TPSA) is 85.8 Å². The average molecular weight is 215 g/mol. The number of rotatable bonds is 5. The Balaban J connectivity index is 2.16. The number of carbonyl (C=O) groups is 1. The molecule has 1 amide bonds. The summed E-state index contributed by atoms with van der Waals surface area (Å²) in [5.74, 6) is 5.64. The van der Waals surface area contributed by atoms with Crippen molar-refractivity contribution >= 4 is 17.7 Å². The Morgan fingerprint density at radius 2 is 2.57 bits per heavy atom. The molecule has 0 aliphatic carbocycles. The Labute approximate surface area is 86.2 Å². The summed E-state index contributed by atoms with van der Waals surface area (Å²) in [5, 5.41) is 4.79. The summed E-state index contributed by atoms with van der Waals surface area (Å²) in [6.07, 6.45) is 2.73. The highest BCUT2D eigenvalue weighted by atomic mass is 32.2. The van der Waals surface area contributed by atoms with Crippen molar-refractivity contribution in [3.63, 3.8) is 0 Å². The highest BCUT2D eigenvalue weighted by Gasteiger charge is 2.02. The molecule has 0 unspecified atom stereocenters. The van der Waals surface area contributed by atoms with Crippen LogP contribution in [-0.4, -0.2) is 26.4 Å². The van der Waals surface area contributed by atoms with Gasteiger partial charge in [0.15, 0.2) is 5.16 Å². The Bertz CT molecular complexity index is 300. The van der Waals surface area contributed by atoms with Gasteiger partial charge in [0.25, 0.3) is 0 Å². The number of hydrazine groups is 1. The maximum atomic E-state index is 10.8. The molecular formula is C7H13N5OS. The lowest BCUT2D eigenvalue weighted by atomic mass is 10.3. The lowest BCUT2D eigenvalue weighted by Crippen LogP contribution is -2.29. The van der Waals surface area contributed by atoms with Crippen LogP contribution in [0, 0.1) is 0 Å². The van der Waals surface area contributed by atoms with Crippen molar-refractivity contribution in [3.8, 4) is 0 Å². The molecule has 0 bridgehead atoms. The first-order valence-electron chi connectivity index (χ1n) is 4.20. The number of aromatic nitrogens is 3. The fourth-order valence-electron chi connectivity index (χ4n) is 0.885. The summed E-state index contributed by atoms with van der Waals surface area (Å²) in [6, 6.07) is 0. The molecule has 1 rings (SSSR count). The highest BCUT2D eigenvalue weighted by Crippen LogP contribution is 2.14. The van der Waals surface area contributed by atoms with Gasteiger partial charge in [-0.3, -0.25) is 10.2 Å². The highest BCUT2D eigenvalue weighted by molar-refractivity contribution is 7.99. The molecule has 78 valence electrons. The first-order chi connectivity index (χ1) is 6.74. The molecule has 3 N–H and O–H groups in total. The lowest BCUT2D eigenvalue weighted by Gasteiger charge is -2.00. The molecule has 0 aliphatic rings. The van der Waals surface area contributed by atoms with Gasteiger partial charge in [0.05, 0.1) is 0 Å². The molecule has 0 atom stereocenters. The number of hydrogen-bond acceptors (Lipinski definition) is 5. The van der Waals surface area contributed by atoms with Crippen molar-refractivity contribution < 1.29 is 4.79 Å². The van der Waals surface area contributed by atoms with Gasteiger partial charge in [0.1, 0.15) is 6.33 Å². The van der Waals surface area contributed by atoms with Crippen LogP contribution in [0.4, 0.5) is 0 Å². The zero-order chi connectivity index (χ0) is 10.4. The van der Waals surface area contributed by atoms with E-state index in [4.69, 9.17) is 5.84 Å². The zero-order valence-corrected chi connectivity index (χ0v) is 8.75. The van der Waals surface area contributed by atoms with E-state index in [1.165, 1.54) is 6.33 Å². The van der Waals surface area contributed by atoms with E-state index in [0.717, 1.165) is 17.3 Å². The van der Waals surface area contributed by atoms with Crippen LogP contribution >= 0.6 is 11.8 Å². The predicted octanol–water partition coefficient (Wildman–Crippen LogP) is -0.323. The maximum Gasteiger partial charge on any atom is 0.233 e. The van der Waals surface area contributed by atoms with Gasteiger partial charge in [0, 0.05) is 19.2 Å². The second-order valence-corrected chi connectivity index (χ2v) is 3.75. The standard InChI is InChI=1S/C7H13N5OS/c1-12-7(9-5-10-12)14-4-2-3-6(13)11-8/h5H,2-4,8H2,1H3,(H,11,13). The van der Waals surface area contributed by atoms with Crippen LogP contribution in [-0.2, 0) is 11.8 Å².